The lowest BCUT2D eigenvalue weighted by Crippen LogP contribution is -2.17. The van der Waals surface area contributed by atoms with Crippen LogP contribution >= 0.6 is 22.9 Å². The Bertz CT molecular complexity index is 582. The van der Waals surface area contributed by atoms with E-state index < -0.39 is 0 Å². The molecular formula is C14H15ClN2OS. The van der Waals surface area contributed by atoms with Crippen molar-refractivity contribution in [2.45, 2.75) is 19.5 Å². The summed E-state index contributed by atoms with van der Waals surface area (Å²) in [7, 11) is 0. The van der Waals surface area contributed by atoms with Crippen LogP contribution in [0.5, 0.6) is 0 Å². The quantitative estimate of drug-likeness (QED) is 0.888. The number of rotatable bonds is 5. The number of nitrogens with two attached hydrogens (primary N) is 1. The first kappa shape index (κ1) is 14.1. The summed E-state index contributed by atoms with van der Waals surface area (Å²) in [6.07, 6.45) is 0. The summed E-state index contributed by atoms with van der Waals surface area (Å²) in [5, 5.41) is 5.91. The van der Waals surface area contributed by atoms with Crippen LogP contribution in [0.1, 0.15) is 33.8 Å². The molecule has 5 heteroatoms. The maximum Gasteiger partial charge on any atom is 0.249 e. The summed E-state index contributed by atoms with van der Waals surface area (Å²) in [6.45, 7) is 2.78. The maximum atomic E-state index is 11.0. The number of hydrogen-bond acceptors (Lipinski definition) is 3. The van der Waals surface area contributed by atoms with Crippen LogP contribution in [0.4, 0.5) is 0 Å². The first-order chi connectivity index (χ1) is 9.06. The summed E-state index contributed by atoms with van der Waals surface area (Å²) in [5.41, 5.74) is 6.93. The van der Waals surface area contributed by atoms with Crippen LogP contribution in [0.2, 0.25) is 5.02 Å². The molecule has 0 saturated heterocycles. The molecule has 0 radical (unpaired) electrons. The van der Waals surface area contributed by atoms with Gasteiger partial charge in [0.15, 0.2) is 0 Å². The maximum absolute atomic E-state index is 11.0. The van der Waals surface area contributed by atoms with E-state index in [-0.39, 0.29) is 11.9 Å². The molecule has 0 spiro atoms. The molecule has 19 heavy (non-hydrogen) atoms. The number of nitrogens with one attached hydrogen (secondary N) is 1. The summed E-state index contributed by atoms with van der Waals surface area (Å²) in [6, 6.07) is 9.79. The molecule has 0 aliphatic rings. The number of carbonyl (C=O) groups excluding carboxylic acids is 1. The van der Waals surface area contributed by atoms with E-state index >= 15 is 0 Å². The Kier molecular flexibility index (Phi) is 4.58. The molecule has 0 bridgehead atoms. The van der Waals surface area contributed by atoms with Gasteiger partial charge in [-0.05, 0) is 30.7 Å². The van der Waals surface area contributed by atoms with Gasteiger partial charge < -0.3 is 11.1 Å². The van der Waals surface area contributed by atoms with Crippen molar-refractivity contribution in [3.05, 3.63) is 56.7 Å². The molecule has 100 valence electrons. The molecular weight excluding hydrogens is 280 g/mol. The van der Waals surface area contributed by atoms with Crippen LogP contribution in [0.3, 0.4) is 0 Å². The normalized spacial score (nSPS) is 12.3. The van der Waals surface area contributed by atoms with E-state index in [2.05, 4.69) is 12.2 Å². The number of amides is 1. The van der Waals surface area contributed by atoms with E-state index in [0.717, 1.165) is 15.5 Å². The van der Waals surface area contributed by atoms with Gasteiger partial charge in [0.05, 0.1) is 5.56 Å². The summed E-state index contributed by atoms with van der Waals surface area (Å²) in [4.78, 5) is 12.1. The van der Waals surface area contributed by atoms with Gasteiger partial charge >= 0.3 is 0 Å². The minimum atomic E-state index is -0.384. The molecule has 0 fully saturated rings. The minimum absolute atomic E-state index is 0.192. The molecule has 0 aliphatic heterocycles. The van der Waals surface area contributed by atoms with E-state index in [0.29, 0.717) is 12.1 Å². The topological polar surface area (TPSA) is 55.1 Å². The minimum Gasteiger partial charge on any atom is -0.366 e. The van der Waals surface area contributed by atoms with Crippen molar-refractivity contribution < 1.29 is 4.79 Å². The van der Waals surface area contributed by atoms with E-state index in [9.17, 15) is 4.79 Å². The molecule has 0 unspecified atom stereocenters. The smallest absolute Gasteiger partial charge is 0.249 e. The molecule has 0 aliphatic carbocycles. The zero-order valence-electron chi connectivity index (χ0n) is 10.5. The number of thiophene rings is 1. The predicted molar refractivity (Wildman–Crippen MR) is 79.5 cm³/mol. The van der Waals surface area contributed by atoms with Crippen molar-refractivity contribution >= 4 is 28.8 Å². The second kappa shape index (κ2) is 6.19. The van der Waals surface area contributed by atoms with E-state index in [4.69, 9.17) is 17.3 Å². The Morgan fingerprint density at radius 2 is 2.26 bits per heavy atom. The third-order valence-corrected chi connectivity index (χ3v) is 4.04. The van der Waals surface area contributed by atoms with Gasteiger partial charge in [-0.15, -0.1) is 11.3 Å². The second-order valence-corrected chi connectivity index (χ2v) is 5.76. The van der Waals surface area contributed by atoms with Gasteiger partial charge in [0, 0.05) is 27.9 Å². The van der Waals surface area contributed by atoms with Crippen LogP contribution in [0.15, 0.2) is 35.7 Å². The fourth-order valence-corrected chi connectivity index (χ4v) is 2.77. The molecule has 1 aromatic carbocycles. The molecule has 0 saturated carbocycles. The summed E-state index contributed by atoms with van der Waals surface area (Å²) >= 11 is 7.50. The van der Waals surface area contributed by atoms with E-state index in [1.165, 1.54) is 11.3 Å². The number of benzene rings is 1. The van der Waals surface area contributed by atoms with Gasteiger partial charge in [0.2, 0.25) is 5.91 Å². The zero-order valence-corrected chi connectivity index (χ0v) is 12.1. The van der Waals surface area contributed by atoms with Crippen molar-refractivity contribution in [1.82, 2.24) is 5.32 Å². The van der Waals surface area contributed by atoms with Gasteiger partial charge in [0.1, 0.15) is 0 Å². The monoisotopic (exact) mass is 294 g/mol. The number of primary amides is 1. The van der Waals surface area contributed by atoms with Crippen molar-refractivity contribution in [3.8, 4) is 0 Å². The standard InChI is InChI=1S/C14H15ClN2OS/c1-9(10-3-2-4-12(15)5-10)17-7-13-6-11(8-19-13)14(16)18/h2-6,8-9,17H,7H2,1H3,(H2,16,18)/t9-/m0/s1. The average molecular weight is 295 g/mol. The Morgan fingerprint density at radius 3 is 2.89 bits per heavy atom. The largest absolute Gasteiger partial charge is 0.366 e. The highest BCUT2D eigenvalue weighted by atomic mass is 35.5. The van der Waals surface area contributed by atoms with Crippen molar-refractivity contribution in [2.24, 2.45) is 5.73 Å². The van der Waals surface area contributed by atoms with Gasteiger partial charge in [-0.2, -0.15) is 0 Å². The number of hydrogen-bond donors (Lipinski definition) is 2. The molecule has 3 N–H and O–H groups in total. The van der Waals surface area contributed by atoms with Gasteiger partial charge in [-0.3, -0.25) is 4.79 Å². The van der Waals surface area contributed by atoms with Crippen LogP contribution in [0.25, 0.3) is 0 Å². The van der Waals surface area contributed by atoms with Crippen molar-refractivity contribution in [2.75, 3.05) is 0 Å². The first-order valence-corrected chi connectivity index (χ1v) is 7.18. The average Bonchev–Trinajstić information content (AvgIpc) is 2.85. The molecule has 1 aromatic heterocycles. The summed E-state index contributed by atoms with van der Waals surface area (Å²) < 4.78 is 0. The van der Waals surface area contributed by atoms with Gasteiger partial charge in [-0.25, -0.2) is 0 Å². The highest BCUT2D eigenvalue weighted by Crippen LogP contribution is 2.19. The molecule has 1 atom stereocenters. The molecule has 2 rings (SSSR count). The molecule has 1 amide bonds. The number of halogens is 1. The molecule has 1 heterocycles. The van der Waals surface area contributed by atoms with Gasteiger partial charge in [0.25, 0.3) is 0 Å². The fourth-order valence-electron chi connectivity index (χ4n) is 1.75. The van der Waals surface area contributed by atoms with Crippen LogP contribution in [-0.4, -0.2) is 5.91 Å². The first-order valence-electron chi connectivity index (χ1n) is 5.92. The van der Waals surface area contributed by atoms with Crippen LogP contribution < -0.4 is 11.1 Å². The SMILES string of the molecule is C[C@H](NCc1cc(C(N)=O)cs1)c1cccc(Cl)c1. The lowest BCUT2D eigenvalue weighted by atomic mass is 10.1. The lowest BCUT2D eigenvalue weighted by Gasteiger charge is -2.13. The third kappa shape index (κ3) is 3.80. The zero-order chi connectivity index (χ0) is 13.8. The molecule has 2 aromatic rings. The van der Waals surface area contributed by atoms with E-state index in [1.807, 2.05) is 30.3 Å². The van der Waals surface area contributed by atoms with Gasteiger partial charge in [-0.1, -0.05) is 23.7 Å². The highest BCUT2D eigenvalue weighted by Gasteiger charge is 2.08. The highest BCUT2D eigenvalue weighted by molar-refractivity contribution is 7.10. The second-order valence-electron chi connectivity index (χ2n) is 4.32. The Labute approximate surface area is 121 Å². The Balaban J connectivity index is 1.96. The fraction of sp³-hybridized carbons (Fsp3) is 0.214. The van der Waals surface area contributed by atoms with Crippen molar-refractivity contribution in [1.29, 1.82) is 0 Å². The molecule has 3 nitrogen and oxygen atoms in total. The third-order valence-electron chi connectivity index (χ3n) is 2.87. The van der Waals surface area contributed by atoms with Crippen molar-refractivity contribution in [3.63, 3.8) is 0 Å². The summed E-state index contributed by atoms with van der Waals surface area (Å²) in [5.74, 6) is -0.384. The predicted octanol–water partition coefficient (Wildman–Crippen LogP) is 3.35. The van der Waals surface area contributed by atoms with E-state index in [1.54, 1.807) is 5.38 Å². The lowest BCUT2D eigenvalue weighted by molar-refractivity contribution is 0.100. The van der Waals surface area contributed by atoms with Crippen LogP contribution in [0, 0.1) is 0 Å². The number of carbonyl (C=O) groups is 1. The Hall–Kier alpha value is -1.36. The van der Waals surface area contributed by atoms with Crippen LogP contribution in [-0.2, 0) is 6.54 Å². The Morgan fingerprint density at radius 1 is 1.47 bits per heavy atom.